The van der Waals surface area contributed by atoms with E-state index in [-0.39, 0.29) is 0 Å². The monoisotopic (exact) mass is 135 g/mol. The normalized spacial score (nSPS) is 9.70. The van der Waals surface area contributed by atoms with Crippen molar-refractivity contribution in [2.45, 2.75) is 19.8 Å². The molecule has 0 aromatic carbocycles. The molecule has 0 saturated carbocycles. The Morgan fingerprint density at radius 1 is 1.70 bits per heavy atom. The fourth-order valence-electron chi connectivity index (χ4n) is 1.08. The Kier molecular flexibility index (Phi) is 2.32. The molecule has 0 aliphatic heterocycles. The van der Waals surface area contributed by atoms with E-state index in [0.29, 0.717) is 0 Å². The zero-order valence-corrected chi connectivity index (χ0v) is 6.38. The van der Waals surface area contributed by atoms with E-state index in [9.17, 15) is 0 Å². The molecule has 0 bridgehead atoms. The Hall–Kier alpha value is -0.980. The molecule has 1 rings (SSSR count). The van der Waals surface area contributed by atoms with Crippen LogP contribution in [0, 0.1) is 0 Å². The summed E-state index contributed by atoms with van der Waals surface area (Å²) in [5.74, 6) is 0. The lowest BCUT2D eigenvalue weighted by atomic mass is 10.2. The van der Waals surface area contributed by atoms with E-state index in [4.69, 9.17) is 0 Å². The van der Waals surface area contributed by atoms with Crippen LogP contribution in [-0.4, -0.2) is 4.57 Å². The van der Waals surface area contributed by atoms with Crippen molar-refractivity contribution >= 4 is 6.20 Å². The van der Waals surface area contributed by atoms with Gasteiger partial charge < -0.3 is 4.57 Å². The second-order valence-electron chi connectivity index (χ2n) is 2.34. The van der Waals surface area contributed by atoms with Gasteiger partial charge in [-0.3, -0.25) is 0 Å². The highest BCUT2D eigenvalue weighted by molar-refractivity contribution is 5.24. The first kappa shape index (κ1) is 7.13. The van der Waals surface area contributed by atoms with Crippen LogP contribution in [0.25, 0.3) is 6.20 Å². The summed E-state index contributed by atoms with van der Waals surface area (Å²) >= 11 is 0. The van der Waals surface area contributed by atoms with Crippen LogP contribution in [0.1, 0.15) is 19.0 Å². The summed E-state index contributed by atoms with van der Waals surface area (Å²) in [6, 6.07) is 4.18. The van der Waals surface area contributed by atoms with Crippen LogP contribution in [-0.2, 0) is 6.42 Å². The van der Waals surface area contributed by atoms with Crippen LogP contribution in [0.2, 0.25) is 0 Å². The second kappa shape index (κ2) is 3.25. The SMILES string of the molecule is C=Cn1cccc1CCC. The van der Waals surface area contributed by atoms with E-state index in [1.807, 2.05) is 18.5 Å². The topological polar surface area (TPSA) is 4.93 Å². The quantitative estimate of drug-likeness (QED) is 0.600. The molecule has 10 heavy (non-hydrogen) atoms. The summed E-state index contributed by atoms with van der Waals surface area (Å²) < 4.78 is 2.06. The molecule has 0 fully saturated rings. The maximum Gasteiger partial charge on any atom is 0.0220 e. The Bertz CT molecular complexity index is 210. The van der Waals surface area contributed by atoms with Gasteiger partial charge in [0.1, 0.15) is 0 Å². The molecule has 0 unspecified atom stereocenters. The predicted octanol–water partition coefficient (Wildman–Crippen LogP) is 2.54. The molecule has 0 aliphatic rings. The molecule has 1 aromatic heterocycles. The lowest BCUT2D eigenvalue weighted by Crippen LogP contribution is -1.91. The zero-order valence-electron chi connectivity index (χ0n) is 6.38. The van der Waals surface area contributed by atoms with Gasteiger partial charge in [0.2, 0.25) is 0 Å². The van der Waals surface area contributed by atoms with Crippen molar-refractivity contribution in [1.82, 2.24) is 4.57 Å². The maximum atomic E-state index is 3.71. The van der Waals surface area contributed by atoms with E-state index in [1.54, 1.807) is 0 Å². The van der Waals surface area contributed by atoms with Gasteiger partial charge in [-0.05, 0) is 18.6 Å². The highest BCUT2D eigenvalue weighted by Gasteiger charge is 1.93. The van der Waals surface area contributed by atoms with Crippen molar-refractivity contribution in [1.29, 1.82) is 0 Å². The number of hydrogen-bond acceptors (Lipinski definition) is 0. The minimum absolute atomic E-state index is 1.14. The maximum absolute atomic E-state index is 3.71. The molecular weight excluding hydrogens is 122 g/mol. The summed E-state index contributed by atoms with van der Waals surface area (Å²) in [6.07, 6.45) is 6.19. The van der Waals surface area contributed by atoms with Gasteiger partial charge in [0, 0.05) is 18.1 Å². The van der Waals surface area contributed by atoms with Crippen molar-refractivity contribution in [3.63, 3.8) is 0 Å². The third-order valence-corrected chi connectivity index (χ3v) is 1.57. The molecule has 0 aliphatic carbocycles. The lowest BCUT2D eigenvalue weighted by molar-refractivity contribution is 0.861. The Morgan fingerprint density at radius 3 is 3.10 bits per heavy atom. The van der Waals surface area contributed by atoms with Gasteiger partial charge in [-0.15, -0.1) is 0 Å². The van der Waals surface area contributed by atoms with Crippen molar-refractivity contribution in [3.05, 3.63) is 30.6 Å². The van der Waals surface area contributed by atoms with E-state index >= 15 is 0 Å². The number of nitrogens with zero attached hydrogens (tertiary/aromatic N) is 1. The molecule has 0 atom stereocenters. The average Bonchev–Trinajstić information content (AvgIpc) is 2.36. The average molecular weight is 135 g/mol. The highest BCUT2D eigenvalue weighted by Crippen LogP contribution is 2.04. The van der Waals surface area contributed by atoms with Crippen LogP contribution in [0.4, 0.5) is 0 Å². The van der Waals surface area contributed by atoms with Crippen LogP contribution < -0.4 is 0 Å². The summed E-state index contributed by atoms with van der Waals surface area (Å²) in [7, 11) is 0. The fraction of sp³-hybridized carbons (Fsp3) is 0.333. The van der Waals surface area contributed by atoms with Gasteiger partial charge in [-0.2, -0.15) is 0 Å². The zero-order chi connectivity index (χ0) is 7.40. The first-order valence-corrected chi connectivity index (χ1v) is 3.66. The van der Waals surface area contributed by atoms with Crippen LogP contribution >= 0.6 is 0 Å². The molecule has 0 spiro atoms. The number of aromatic nitrogens is 1. The smallest absolute Gasteiger partial charge is 0.0220 e. The number of hydrogen-bond donors (Lipinski definition) is 0. The minimum atomic E-state index is 1.14. The van der Waals surface area contributed by atoms with Crippen LogP contribution in [0.3, 0.4) is 0 Å². The molecule has 0 radical (unpaired) electrons. The molecule has 0 amide bonds. The summed E-state index contributed by atoms with van der Waals surface area (Å²) in [5.41, 5.74) is 1.34. The van der Waals surface area contributed by atoms with Crippen LogP contribution in [0.15, 0.2) is 24.9 Å². The molecule has 1 nitrogen and oxygen atoms in total. The van der Waals surface area contributed by atoms with Crippen molar-refractivity contribution < 1.29 is 0 Å². The second-order valence-corrected chi connectivity index (χ2v) is 2.34. The molecule has 1 heteroatoms. The summed E-state index contributed by atoms with van der Waals surface area (Å²) in [5, 5.41) is 0. The fourth-order valence-corrected chi connectivity index (χ4v) is 1.08. The molecule has 54 valence electrons. The molecule has 1 aromatic rings. The van der Waals surface area contributed by atoms with Crippen LogP contribution in [0.5, 0.6) is 0 Å². The van der Waals surface area contributed by atoms with Gasteiger partial charge in [0.25, 0.3) is 0 Å². The first-order chi connectivity index (χ1) is 4.88. The van der Waals surface area contributed by atoms with Crippen molar-refractivity contribution in [3.8, 4) is 0 Å². The summed E-state index contributed by atoms with van der Waals surface area (Å²) in [6.45, 7) is 5.89. The van der Waals surface area contributed by atoms with E-state index < -0.39 is 0 Å². The number of rotatable bonds is 3. The van der Waals surface area contributed by atoms with Gasteiger partial charge in [0.05, 0.1) is 0 Å². The van der Waals surface area contributed by atoms with Gasteiger partial charge in [-0.1, -0.05) is 19.9 Å². The van der Waals surface area contributed by atoms with E-state index in [0.717, 1.165) is 6.42 Å². The Morgan fingerprint density at radius 2 is 2.50 bits per heavy atom. The van der Waals surface area contributed by atoms with Gasteiger partial charge in [-0.25, -0.2) is 0 Å². The predicted molar refractivity (Wildman–Crippen MR) is 44.8 cm³/mol. The number of aryl methyl sites for hydroxylation is 1. The highest BCUT2D eigenvalue weighted by atomic mass is 14.9. The third-order valence-electron chi connectivity index (χ3n) is 1.57. The molecule has 1 heterocycles. The Balaban J connectivity index is 2.79. The minimum Gasteiger partial charge on any atom is -0.328 e. The standard InChI is InChI=1S/C9H13N/c1-3-6-9-7-5-8-10(9)4-2/h4-5,7-8H,2-3,6H2,1H3. The third kappa shape index (κ3) is 1.29. The Labute approximate surface area is 62.0 Å². The van der Waals surface area contributed by atoms with E-state index in [2.05, 4.69) is 24.1 Å². The largest absolute Gasteiger partial charge is 0.328 e. The van der Waals surface area contributed by atoms with Gasteiger partial charge in [0.15, 0.2) is 0 Å². The van der Waals surface area contributed by atoms with Crippen molar-refractivity contribution in [2.24, 2.45) is 0 Å². The van der Waals surface area contributed by atoms with E-state index in [1.165, 1.54) is 12.1 Å². The molecular formula is C9H13N. The summed E-state index contributed by atoms with van der Waals surface area (Å²) in [4.78, 5) is 0. The van der Waals surface area contributed by atoms with Gasteiger partial charge >= 0.3 is 0 Å². The molecule has 0 saturated heterocycles. The first-order valence-electron chi connectivity index (χ1n) is 3.66. The lowest BCUT2D eigenvalue weighted by Gasteiger charge is -1.99. The van der Waals surface area contributed by atoms with Crippen molar-refractivity contribution in [2.75, 3.05) is 0 Å². The molecule has 0 N–H and O–H groups in total.